The zero-order valence-electron chi connectivity index (χ0n) is 15.5. The predicted octanol–water partition coefficient (Wildman–Crippen LogP) is 5.33. The van der Waals surface area contributed by atoms with Crippen LogP contribution in [0, 0.1) is 25.2 Å². The van der Waals surface area contributed by atoms with Gasteiger partial charge in [-0.05, 0) is 42.2 Å². The van der Waals surface area contributed by atoms with Crippen LogP contribution in [-0.4, -0.2) is 9.97 Å². The molecule has 2 aromatic heterocycles. The van der Waals surface area contributed by atoms with Gasteiger partial charge in [0.15, 0.2) is 5.82 Å². The highest BCUT2D eigenvalue weighted by Crippen LogP contribution is 2.27. The molecule has 0 radical (unpaired) electrons. The number of hydrogen-bond acceptors (Lipinski definition) is 4. The van der Waals surface area contributed by atoms with Gasteiger partial charge in [-0.1, -0.05) is 54.6 Å². The van der Waals surface area contributed by atoms with Crippen molar-refractivity contribution in [3.63, 3.8) is 0 Å². The van der Waals surface area contributed by atoms with E-state index in [1.54, 1.807) is 6.08 Å². The molecule has 0 bridgehead atoms. The molecular weight excluding hydrogens is 366 g/mol. The van der Waals surface area contributed by atoms with Gasteiger partial charge in [0.1, 0.15) is 10.9 Å². The molecule has 0 spiro atoms. The third-order valence-electron chi connectivity index (χ3n) is 4.74. The fourth-order valence-electron chi connectivity index (χ4n) is 3.10. The lowest BCUT2D eigenvalue weighted by atomic mass is 10.0. The molecule has 0 amide bonds. The van der Waals surface area contributed by atoms with E-state index < -0.39 is 0 Å². The molecule has 0 aliphatic heterocycles. The van der Waals surface area contributed by atoms with Gasteiger partial charge in [-0.3, -0.25) is 4.79 Å². The van der Waals surface area contributed by atoms with E-state index in [0.29, 0.717) is 21.6 Å². The number of allylic oxidation sites excluding steroid dienone is 1. The summed E-state index contributed by atoms with van der Waals surface area (Å²) in [6.07, 6.45) is 1.74. The molecular formula is C23H17N3OS. The van der Waals surface area contributed by atoms with E-state index in [4.69, 9.17) is 0 Å². The number of nitrogens with one attached hydrogen (secondary N) is 1. The van der Waals surface area contributed by atoms with Crippen LogP contribution in [0.25, 0.3) is 33.0 Å². The van der Waals surface area contributed by atoms with E-state index in [1.165, 1.54) is 11.3 Å². The molecule has 0 saturated heterocycles. The van der Waals surface area contributed by atoms with Crippen LogP contribution in [-0.2, 0) is 0 Å². The monoisotopic (exact) mass is 383 g/mol. The van der Waals surface area contributed by atoms with E-state index in [1.807, 2.05) is 56.3 Å². The summed E-state index contributed by atoms with van der Waals surface area (Å²) in [7, 11) is 0. The van der Waals surface area contributed by atoms with Crippen molar-refractivity contribution in [2.75, 3.05) is 0 Å². The van der Waals surface area contributed by atoms with E-state index in [0.717, 1.165) is 27.1 Å². The van der Waals surface area contributed by atoms with Crippen molar-refractivity contribution in [3.8, 4) is 17.2 Å². The molecule has 4 rings (SSSR count). The van der Waals surface area contributed by atoms with Crippen LogP contribution >= 0.6 is 11.3 Å². The number of nitrogens with zero attached hydrogens (tertiary/aromatic N) is 2. The van der Waals surface area contributed by atoms with Crippen LogP contribution in [0.3, 0.4) is 0 Å². The fraction of sp³-hybridized carbons (Fsp3) is 0.0870. The Hall–Kier alpha value is -3.49. The highest BCUT2D eigenvalue weighted by Gasteiger charge is 2.14. The lowest BCUT2D eigenvalue weighted by Crippen LogP contribution is -2.10. The highest BCUT2D eigenvalue weighted by molar-refractivity contribution is 7.18. The van der Waals surface area contributed by atoms with Gasteiger partial charge >= 0.3 is 0 Å². The first kappa shape index (κ1) is 17.9. The number of hydrogen-bond donors (Lipinski definition) is 1. The topological polar surface area (TPSA) is 69.5 Å². The Bertz CT molecular complexity index is 1290. The number of benzene rings is 2. The number of aromatic amines is 1. The number of fused-ring (bicyclic) bond motifs is 1. The number of rotatable bonds is 3. The van der Waals surface area contributed by atoms with Crippen LogP contribution < -0.4 is 5.56 Å². The van der Waals surface area contributed by atoms with Crippen molar-refractivity contribution in [3.05, 3.63) is 86.8 Å². The third-order valence-corrected chi connectivity index (χ3v) is 5.84. The molecule has 0 saturated carbocycles. The second kappa shape index (κ2) is 7.26. The Morgan fingerprint density at radius 3 is 2.43 bits per heavy atom. The van der Waals surface area contributed by atoms with Crippen molar-refractivity contribution >= 4 is 33.2 Å². The second-order valence-corrected chi connectivity index (χ2v) is 7.74. The lowest BCUT2D eigenvalue weighted by Gasteiger charge is -2.03. The number of nitriles is 1. The summed E-state index contributed by atoms with van der Waals surface area (Å²) in [6.45, 7) is 3.89. The van der Waals surface area contributed by atoms with Crippen molar-refractivity contribution in [1.82, 2.24) is 9.97 Å². The average Bonchev–Trinajstić information content (AvgIpc) is 3.01. The van der Waals surface area contributed by atoms with Gasteiger partial charge < -0.3 is 4.98 Å². The van der Waals surface area contributed by atoms with E-state index in [2.05, 4.69) is 28.2 Å². The standard InChI is InChI=1S/C23H17N3OS/c1-14-15(2)28-23-20(14)22(27)25-21(26-23)19(13-24)12-16-8-10-18(11-9-16)17-6-4-3-5-7-17/h3-12H,1-2H3,(H,25,26,27)/b19-12-. The second-order valence-electron chi connectivity index (χ2n) is 6.54. The summed E-state index contributed by atoms with van der Waals surface area (Å²) in [5, 5.41) is 10.2. The zero-order chi connectivity index (χ0) is 19.7. The molecule has 4 nitrogen and oxygen atoms in total. The van der Waals surface area contributed by atoms with Crippen LogP contribution in [0.2, 0.25) is 0 Å². The smallest absolute Gasteiger partial charge is 0.260 e. The molecule has 136 valence electrons. The van der Waals surface area contributed by atoms with Crippen LogP contribution in [0.4, 0.5) is 0 Å². The lowest BCUT2D eigenvalue weighted by molar-refractivity contribution is 1.13. The number of H-pyrrole nitrogens is 1. The van der Waals surface area contributed by atoms with E-state index in [9.17, 15) is 10.1 Å². The third kappa shape index (κ3) is 3.26. The number of aryl methyl sites for hydroxylation is 2. The van der Waals surface area contributed by atoms with Crippen LogP contribution in [0.15, 0.2) is 59.4 Å². The van der Waals surface area contributed by atoms with Crippen molar-refractivity contribution in [2.24, 2.45) is 0 Å². The van der Waals surface area contributed by atoms with Crippen molar-refractivity contribution < 1.29 is 0 Å². The average molecular weight is 383 g/mol. The van der Waals surface area contributed by atoms with Crippen molar-refractivity contribution in [1.29, 1.82) is 5.26 Å². The van der Waals surface area contributed by atoms with Crippen LogP contribution in [0.1, 0.15) is 21.8 Å². The van der Waals surface area contributed by atoms with Gasteiger partial charge in [0.05, 0.1) is 11.0 Å². The molecule has 0 atom stereocenters. The summed E-state index contributed by atoms with van der Waals surface area (Å²) in [6, 6.07) is 20.2. The molecule has 5 heteroatoms. The molecule has 0 unspecified atom stereocenters. The Morgan fingerprint density at radius 1 is 1.07 bits per heavy atom. The van der Waals surface area contributed by atoms with Crippen LogP contribution in [0.5, 0.6) is 0 Å². The molecule has 0 fully saturated rings. The minimum Gasteiger partial charge on any atom is -0.305 e. The van der Waals surface area contributed by atoms with Gasteiger partial charge in [0, 0.05) is 4.88 Å². The quantitative estimate of drug-likeness (QED) is 0.486. The summed E-state index contributed by atoms with van der Waals surface area (Å²) in [5.41, 5.74) is 4.18. The maximum atomic E-state index is 12.5. The maximum absolute atomic E-state index is 12.5. The highest BCUT2D eigenvalue weighted by atomic mass is 32.1. The molecule has 0 aliphatic rings. The Labute approximate surface area is 166 Å². The molecule has 2 aromatic carbocycles. The van der Waals surface area contributed by atoms with Gasteiger partial charge in [0.2, 0.25) is 0 Å². The minimum atomic E-state index is -0.206. The normalized spacial score (nSPS) is 11.5. The van der Waals surface area contributed by atoms with Crippen molar-refractivity contribution in [2.45, 2.75) is 13.8 Å². The van der Waals surface area contributed by atoms with Gasteiger partial charge in [-0.2, -0.15) is 5.26 Å². The van der Waals surface area contributed by atoms with E-state index in [-0.39, 0.29) is 5.56 Å². The number of aromatic nitrogens is 2. The SMILES string of the molecule is Cc1sc2nc(/C(C#N)=C\c3ccc(-c4ccccc4)cc3)[nH]c(=O)c2c1C. The van der Waals surface area contributed by atoms with E-state index >= 15 is 0 Å². The van der Waals surface area contributed by atoms with Gasteiger partial charge in [-0.25, -0.2) is 4.98 Å². The molecule has 1 N–H and O–H groups in total. The Kier molecular flexibility index (Phi) is 4.64. The van der Waals surface area contributed by atoms with Gasteiger partial charge in [-0.15, -0.1) is 11.3 Å². The zero-order valence-corrected chi connectivity index (χ0v) is 16.3. The largest absolute Gasteiger partial charge is 0.305 e. The Morgan fingerprint density at radius 2 is 1.75 bits per heavy atom. The molecule has 28 heavy (non-hydrogen) atoms. The first-order chi connectivity index (χ1) is 13.6. The predicted molar refractivity (Wildman–Crippen MR) is 115 cm³/mol. The molecule has 0 aliphatic carbocycles. The Balaban J connectivity index is 1.73. The molecule has 4 aromatic rings. The number of thiophene rings is 1. The minimum absolute atomic E-state index is 0.206. The summed E-state index contributed by atoms with van der Waals surface area (Å²) in [5.74, 6) is 0.299. The summed E-state index contributed by atoms with van der Waals surface area (Å²) in [4.78, 5) is 21.5. The maximum Gasteiger partial charge on any atom is 0.260 e. The fourth-order valence-corrected chi connectivity index (χ4v) is 4.13. The first-order valence-electron chi connectivity index (χ1n) is 8.84. The first-order valence-corrected chi connectivity index (χ1v) is 9.66. The molecule has 2 heterocycles. The summed E-state index contributed by atoms with van der Waals surface area (Å²) >= 11 is 1.47. The summed E-state index contributed by atoms with van der Waals surface area (Å²) < 4.78 is 0. The van der Waals surface area contributed by atoms with Gasteiger partial charge in [0.25, 0.3) is 5.56 Å².